The van der Waals surface area contributed by atoms with E-state index < -0.39 is 0 Å². The summed E-state index contributed by atoms with van der Waals surface area (Å²) >= 11 is 0. The summed E-state index contributed by atoms with van der Waals surface area (Å²) in [6.07, 6.45) is 0. The Morgan fingerprint density at radius 2 is 1.90 bits per heavy atom. The maximum atomic E-state index is 6.43. The predicted octanol–water partition coefficient (Wildman–Crippen LogP) is 4.39. The van der Waals surface area contributed by atoms with E-state index in [2.05, 4.69) is 70.4 Å². The van der Waals surface area contributed by atoms with Crippen LogP contribution in [0, 0.1) is 12.8 Å². The lowest BCUT2D eigenvalue weighted by molar-refractivity contribution is 0.455. The summed E-state index contributed by atoms with van der Waals surface area (Å²) in [4.78, 5) is 4.88. The van der Waals surface area contributed by atoms with Gasteiger partial charge in [0.2, 0.25) is 0 Å². The molecule has 2 rings (SSSR count). The number of imidazole rings is 1. The second kappa shape index (κ2) is 5.55. The van der Waals surface area contributed by atoms with Crippen LogP contribution in [0.1, 0.15) is 46.0 Å². The third-order valence-electron chi connectivity index (χ3n) is 3.52. The Morgan fingerprint density at radius 1 is 1.24 bits per heavy atom. The minimum absolute atomic E-state index is 0.0227. The van der Waals surface area contributed by atoms with Gasteiger partial charge in [0, 0.05) is 17.5 Å². The van der Waals surface area contributed by atoms with E-state index in [1.54, 1.807) is 0 Å². The molecule has 3 heteroatoms. The molecule has 114 valence electrons. The Labute approximate surface area is 128 Å². The zero-order valence-corrected chi connectivity index (χ0v) is 14.1. The average Bonchev–Trinajstić information content (AvgIpc) is 2.66. The molecule has 0 radical (unpaired) electrons. The highest BCUT2D eigenvalue weighted by Gasteiger charge is 2.25. The summed E-state index contributed by atoms with van der Waals surface area (Å²) in [6, 6.07) is 8.38. The van der Waals surface area contributed by atoms with Gasteiger partial charge in [0.25, 0.3) is 0 Å². The lowest BCUT2D eigenvalue weighted by atomic mass is 9.95. The summed E-state index contributed by atoms with van der Waals surface area (Å²) in [5.74, 6) is 2.37. The minimum Gasteiger partial charge on any atom is -0.383 e. The first-order valence-electron chi connectivity index (χ1n) is 7.63. The monoisotopic (exact) mass is 285 g/mol. The molecule has 3 nitrogen and oxygen atoms in total. The van der Waals surface area contributed by atoms with Crippen LogP contribution in [0.15, 0.2) is 24.3 Å². The lowest BCUT2D eigenvalue weighted by Gasteiger charge is -2.21. The first kappa shape index (κ1) is 15.6. The first-order valence-corrected chi connectivity index (χ1v) is 7.63. The fourth-order valence-corrected chi connectivity index (χ4v) is 2.59. The summed E-state index contributed by atoms with van der Waals surface area (Å²) in [5, 5.41) is 0. The van der Waals surface area contributed by atoms with Crippen molar-refractivity contribution >= 4 is 5.82 Å². The minimum atomic E-state index is -0.0227. The van der Waals surface area contributed by atoms with E-state index in [0.29, 0.717) is 5.92 Å². The fraction of sp³-hybridized carbons (Fsp3) is 0.500. The molecule has 1 aromatic heterocycles. The van der Waals surface area contributed by atoms with Gasteiger partial charge in [-0.2, -0.15) is 0 Å². The molecule has 0 saturated heterocycles. The number of nitrogen functional groups attached to an aromatic ring is 1. The van der Waals surface area contributed by atoms with Gasteiger partial charge >= 0.3 is 0 Å². The standard InChI is InChI=1S/C18H27N3/c1-12(2)11-21-16(19)15(20-17(21)18(4,5)6)14-9-7-8-13(3)10-14/h7-10,12H,11,19H2,1-6H3. The van der Waals surface area contributed by atoms with Crippen LogP contribution in [0.2, 0.25) is 0 Å². The van der Waals surface area contributed by atoms with Crippen molar-refractivity contribution in [3.05, 3.63) is 35.7 Å². The van der Waals surface area contributed by atoms with Gasteiger partial charge in [0.15, 0.2) is 0 Å². The Morgan fingerprint density at radius 3 is 2.43 bits per heavy atom. The Bertz CT molecular complexity index is 630. The first-order chi connectivity index (χ1) is 9.70. The molecule has 1 heterocycles. The van der Waals surface area contributed by atoms with Crippen LogP contribution in [-0.4, -0.2) is 9.55 Å². The number of aryl methyl sites for hydroxylation is 1. The zero-order chi connectivity index (χ0) is 15.8. The smallest absolute Gasteiger partial charge is 0.131 e. The number of hydrogen-bond acceptors (Lipinski definition) is 2. The van der Waals surface area contributed by atoms with Crippen molar-refractivity contribution in [2.24, 2.45) is 5.92 Å². The zero-order valence-electron chi connectivity index (χ0n) is 14.1. The second-order valence-electron chi connectivity index (χ2n) is 7.29. The molecule has 21 heavy (non-hydrogen) atoms. The summed E-state index contributed by atoms with van der Waals surface area (Å²) in [7, 11) is 0. The van der Waals surface area contributed by atoms with Gasteiger partial charge < -0.3 is 10.3 Å². The van der Waals surface area contributed by atoms with Crippen LogP contribution >= 0.6 is 0 Å². The van der Waals surface area contributed by atoms with Crippen LogP contribution in [-0.2, 0) is 12.0 Å². The van der Waals surface area contributed by atoms with E-state index >= 15 is 0 Å². The molecular weight excluding hydrogens is 258 g/mol. The van der Waals surface area contributed by atoms with E-state index in [1.165, 1.54) is 5.56 Å². The van der Waals surface area contributed by atoms with Crippen molar-refractivity contribution in [1.29, 1.82) is 0 Å². The number of rotatable bonds is 3. The molecule has 0 aliphatic carbocycles. The van der Waals surface area contributed by atoms with Gasteiger partial charge in [-0.25, -0.2) is 4.98 Å². The molecule has 0 spiro atoms. The van der Waals surface area contributed by atoms with Crippen molar-refractivity contribution in [1.82, 2.24) is 9.55 Å². The van der Waals surface area contributed by atoms with Crippen molar-refractivity contribution < 1.29 is 0 Å². The van der Waals surface area contributed by atoms with E-state index in [9.17, 15) is 0 Å². The molecule has 0 unspecified atom stereocenters. The highest BCUT2D eigenvalue weighted by atomic mass is 15.2. The van der Waals surface area contributed by atoms with E-state index in [1.807, 2.05) is 0 Å². The van der Waals surface area contributed by atoms with Crippen LogP contribution in [0.4, 0.5) is 5.82 Å². The van der Waals surface area contributed by atoms with Gasteiger partial charge in [0.1, 0.15) is 17.3 Å². The number of hydrogen-bond donors (Lipinski definition) is 1. The van der Waals surface area contributed by atoms with Gasteiger partial charge in [-0.3, -0.25) is 0 Å². The lowest BCUT2D eigenvalue weighted by Crippen LogP contribution is -2.21. The molecule has 0 aliphatic rings. The van der Waals surface area contributed by atoms with Gasteiger partial charge in [-0.1, -0.05) is 58.4 Å². The number of nitrogens with zero attached hydrogens (tertiary/aromatic N) is 2. The molecule has 0 saturated carbocycles. The number of aromatic nitrogens is 2. The summed E-state index contributed by atoms with van der Waals surface area (Å²) < 4.78 is 2.18. The van der Waals surface area contributed by atoms with Gasteiger partial charge in [-0.15, -0.1) is 0 Å². The number of benzene rings is 1. The van der Waals surface area contributed by atoms with Crippen LogP contribution in [0.3, 0.4) is 0 Å². The van der Waals surface area contributed by atoms with Gasteiger partial charge in [-0.05, 0) is 18.9 Å². The van der Waals surface area contributed by atoms with E-state index in [-0.39, 0.29) is 5.41 Å². The summed E-state index contributed by atoms with van der Waals surface area (Å²) in [5.41, 5.74) is 9.64. The third-order valence-corrected chi connectivity index (χ3v) is 3.52. The van der Waals surface area contributed by atoms with Crippen LogP contribution < -0.4 is 5.73 Å². The molecule has 0 atom stereocenters. The predicted molar refractivity (Wildman–Crippen MR) is 90.4 cm³/mol. The van der Waals surface area contributed by atoms with Crippen LogP contribution in [0.5, 0.6) is 0 Å². The Hall–Kier alpha value is -1.77. The van der Waals surface area contributed by atoms with E-state index in [0.717, 1.165) is 29.4 Å². The maximum absolute atomic E-state index is 6.43. The quantitative estimate of drug-likeness (QED) is 0.908. The van der Waals surface area contributed by atoms with Crippen molar-refractivity contribution in [2.45, 2.75) is 53.5 Å². The van der Waals surface area contributed by atoms with Gasteiger partial charge in [0.05, 0.1) is 0 Å². The highest BCUT2D eigenvalue weighted by Crippen LogP contribution is 2.32. The van der Waals surface area contributed by atoms with Crippen molar-refractivity contribution in [2.75, 3.05) is 5.73 Å². The molecule has 1 aromatic carbocycles. The number of nitrogens with two attached hydrogens (primary N) is 1. The normalized spacial score (nSPS) is 12.1. The molecule has 2 N–H and O–H groups in total. The second-order valence-corrected chi connectivity index (χ2v) is 7.29. The topological polar surface area (TPSA) is 43.8 Å². The molecule has 0 amide bonds. The molecule has 0 bridgehead atoms. The molecule has 0 aliphatic heterocycles. The van der Waals surface area contributed by atoms with E-state index in [4.69, 9.17) is 10.7 Å². The SMILES string of the molecule is Cc1cccc(-c2nc(C(C)(C)C)n(CC(C)C)c2N)c1. The Kier molecular flexibility index (Phi) is 4.13. The Balaban J connectivity index is 2.61. The third kappa shape index (κ3) is 3.29. The highest BCUT2D eigenvalue weighted by molar-refractivity contribution is 5.71. The summed E-state index contributed by atoms with van der Waals surface area (Å²) in [6.45, 7) is 14.0. The fourth-order valence-electron chi connectivity index (χ4n) is 2.59. The number of anilines is 1. The molecular formula is C18H27N3. The average molecular weight is 285 g/mol. The van der Waals surface area contributed by atoms with Crippen LogP contribution in [0.25, 0.3) is 11.3 Å². The van der Waals surface area contributed by atoms with Crippen molar-refractivity contribution in [3.8, 4) is 11.3 Å². The largest absolute Gasteiger partial charge is 0.383 e. The molecule has 2 aromatic rings. The molecule has 0 fully saturated rings. The van der Waals surface area contributed by atoms with Crippen molar-refractivity contribution in [3.63, 3.8) is 0 Å². The maximum Gasteiger partial charge on any atom is 0.131 e.